The van der Waals surface area contributed by atoms with Gasteiger partial charge in [-0.25, -0.2) is 0 Å². The molecule has 0 fully saturated rings. The summed E-state index contributed by atoms with van der Waals surface area (Å²) in [7, 11) is 2.16. The van der Waals surface area contributed by atoms with Crippen LogP contribution in [0.4, 0.5) is 22.7 Å². The van der Waals surface area contributed by atoms with Crippen molar-refractivity contribution in [3.63, 3.8) is 0 Å². The number of para-hydroxylation sites is 2. The lowest BCUT2D eigenvalue weighted by atomic mass is 9.71. The summed E-state index contributed by atoms with van der Waals surface area (Å²) in [5.74, 6) is 0. The van der Waals surface area contributed by atoms with Gasteiger partial charge < -0.3 is 9.80 Å². The van der Waals surface area contributed by atoms with Gasteiger partial charge in [-0.1, -0.05) is 140 Å². The lowest BCUT2D eigenvalue weighted by Crippen LogP contribution is -2.24. The fourth-order valence-corrected chi connectivity index (χ4v) is 8.51. The van der Waals surface area contributed by atoms with Crippen LogP contribution in [-0.4, -0.2) is 7.05 Å². The van der Waals surface area contributed by atoms with Crippen molar-refractivity contribution < 1.29 is 0 Å². The molecule has 0 N–H and O–H groups in total. The van der Waals surface area contributed by atoms with Crippen LogP contribution in [0.15, 0.2) is 200 Å². The monoisotopic (exact) mass is 682 g/mol. The number of hydrogen-bond donors (Lipinski definition) is 0. The first kappa shape index (κ1) is 32.5. The molecule has 9 rings (SSSR count). The Balaban J connectivity index is 1.23. The summed E-state index contributed by atoms with van der Waals surface area (Å²) in [4.78, 5) is 4.74. The molecule has 2 heteroatoms. The Morgan fingerprint density at radius 1 is 0.472 bits per heavy atom. The predicted molar refractivity (Wildman–Crippen MR) is 224 cm³/mol. The number of nitrogens with zero attached hydrogens (tertiary/aromatic N) is 2. The normalized spacial score (nSPS) is 15.7. The lowest BCUT2D eigenvalue weighted by Gasteiger charge is -2.33. The number of fused-ring (bicyclic) bond motifs is 3. The van der Waals surface area contributed by atoms with Crippen molar-refractivity contribution in [3.8, 4) is 33.4 Å². The molecule has 0 saturated carbocycles. The third-order valence-corrected chi connectivity index (χ3v) is 11.2. The molecule has 7 aromatic carbocycles. The van der Waals surface area contributed by atoms with Crippen LogP contribution in [0.25, 0.3) is 33.4 Å². The molecule has 2 aliphatic carbocycles. The Labute approximate surface area is 313 Å². The Morgan fingerprint density at radius 2 is 1.08 bits per heavy atom. The largest absolute Gasteiger partial charge is 0.345 e. The molecule has 2 aliphatic rings. The van der Waals surface area contributed by atoms with E-state index in [9.17, 15) is 0 Å². The van der Waals surface area contributed by atoms with E-state index < -0.39 is 0 Å². The Kier molecular flexibility index (Phi) is 8.37. The molecule has 0 aliphatic heterocycles. The molecule has 0 heterocycles. The molecule has 256 valence electrons. The molecule has 1 unspecified atom stereocenters. The smallest absolute Gasteiger partial charge is 0.0537 e. The summed E-state index contributed by atoms with van der Waals surface area (Å²) < 4.78 is 0. The van der Waals surface area contributed by atoms with Crippen LogP contribution < -0.4 is 9.80 Å². The van der Waals surface area contributed by atoms with Gasteiger partial charge in [-0.15, -0.1) is 0 Å². The maximum absolute atomic E-state index is 2.46. The maximum Gasteiger partial charge on any atom is 0.0537 e. The van der Waals surface area contributed by atoms with E-state index in [0.29, 0.717) is 0 Å². The van der Waals surface area contributed by atoms with E-state index in [4.69, 9.17) is 0 Å². The second kappa shape index (κ2) is 13.6. The molecule has 2 nitrogen and oxygen atoms in total. The molecular weight excluding hydrogens is 641 g/mol. The van der Waals surface area contributed by atoms with Gasteiger partial charge >= 0.3 is 0 Å². The van der Waals surface area contributed by atoms with E-state index in [1.54, 1.807) is 0 Å². The zero-order valence-corrected chi connectivity index (χ0v) is 30.3. The minimum atomic E-state index is -0.378. The molecule has 53 heavy (non-hydrogen) atoms. The fourth-order valence-electron chi connectivity index (χ4n) is 8.51. The number of hydrogen-bond acceptors (Lipinski definition) is 2. The summed E-state index contributed by atoms with van der Waals surface area (Å²) in [6, 6.07) is 64.4. The van der Waals surface area contributed by atoms with Crippen molar-refractivity contribution in [1.29, 1.82) is 0 Å². The van der Waals surface area contributed by atoms with Gasteiger partial charge in [0.1, 0.15) is 0 Å². The molecule has 0 amide bonds. The van der Waals surface area contributed by atoms with E-state index in [-0.39, 0.29) is 5.41 Å². The van der Waals surface area contributed by atoms with Crippen LogP contribution in [-0.2, 0) is 5.41 Å². The SMILES string of the molecule is CN(c1ccccc1)c1ccc2c(c1)C(C)(c1ccccc1-c1ccc(N(C3=CC=CCC3)c3ccccc3)c(-c3ccccc3)c1)c1ccccc1-2. The summed E-state index contributed by atoms with van der Waals surface area (Å²) in [5, 5.41) is 0. The predicted octanol–water partition coefficient (Wildman–Crippen LogP) is 13.5. The van der Waals surface area contributed by atoms with Crippen molar-refractivity contribution in [2.45, 2.75) is 25.2 Å². The van der Waals surface area contributed by atoms with Crippen molar-refractivity contribution in [2.75, 3.05) is 16.8 Å². The van der Waals surface area contributed by atoms with Crippen LogP contribution in [0.5, 0.6) is 0 Å². The first-order valence-electron chi connectivity index (χ1n) is 18.6. The van der Waals surface area contributed by atoms with Crippen molar-refractivity contribution in [3.05, 3.63) is 217 Å². The third kappa shape index (κ3) is 5.68. The summed E-state index contributed by atoms with van der Waals surface area (Å²) >= 11 is 0. The van der Waals surface area contributed by atoms with Crippen LogP contribution in [0.3, 0.4) is 0 Å². The molecule has 1 atom stereocenters. The average molecular weight is 683 g/mol. The van der Waals surface area contributed by atoms with Crippen molar-refractivity contribution >= 4 is 22.7 Å². The number of benzene rings is 7. The minimum absolute atomic E-state index is 0.378. The van der Waals surface area contributed by atoms with Gasteiger partial charge in [0, 0.05) is 40.8 Å². The first-order chi connectivity index (χ1) is 26.1. The minimum Gasteiger partial charge on any atom is -0.345 e. The summed E-state index contributed by atoms with van der Waals surface area (Å²) in [6.45, 7) is 2.43. The van der Waals surface area contributed by atoms with E-state index >= 15 is 0 Å². The van der Waals surface area contributed by atoms with Gasteiger partial charge in [-0.3, -0.25) is 0 Å². The van der Waals surface area contributed by atoms with Gasteiger partial charge in [0.2, 0.25) is 0 Å². The van der Waals surface area contributed by atoms with Crippen LogP contribution in [0, 0.1) is 0 Å². The van der Waals surface area contributed by atoms with E-state index in [1.165, 1.54) is 78.5 Å². The number of rotatable bonds is 8. The quantitative estimate of drug-likeness (QED) is 0.157. The van der Waals surface area contributed by atoms with Gasteiger partial charge in [0.05, 0.1) is 5.69 Å². The highest BCUT2D eigenvalue weighted by molar-refractivity contribution is 5.91. The Hall–Kier alpha value is -6.38. The lowest BCUT2D eigenvalue weighted by molar-refractivity contribution is 0.716. The zero-order valence-electron chi connectivity index (χ0n) is 30.3. The van der Waals surface area contributed by atoms with E-state index in [0.717, 1.165) is 12.8 Å². The highest BCUT2D eigenvalue weighted by atomic mass is 15.2. The second-order valence-electron chi connectivity index (χ2n) is 14.2. The maximum atomic E-state index is 2.46. The van der Waals surface area contributed by atoms with Gasteiger partial charge in [0.15, 0.2) is 0 Å². The number of anilines is 4. The fraction of sp³-hybridized carbons (Fsp3) is 0.0980. The summed E-state index contributed by atoms with van der Waals surface area (Å²) in [6.07, 6.45) is 8.75. The van der Waals surface area contributed by atoms with Gasteiger partial charge in [-0.2, -0.15) is 0 Å². The zero-order chi connectivity index (χ0) is 35.8. The Morgan fingerprint density at radius 3 is 1.77 bits per heavy atom. The number of allylic oxidation sites excluding steroid dienone is 4. The molecule has 0 bridgehead atoms. The topological polar surface area (TPSA) is 6.48 Å². The first-order valence-corrected chi connectivity index (χ1v) is 18.6. The molecule has 0 radical (unpaired) electrons. The van der Waals surface area contributed by atoms with Crippen molar-refractivity contribution in [2.24, 2.45) is 0 Å². The van der Waals surface area contributed by atoms with E-state index in [1.807, 2.05) is 0 Å². The van der Waals surface area contributed by atoms with Gasteiger partial charge in [0.25, 0.3) is 0 Å². The molecule has 0 saturated heterocycles. The van der Waals surface area contributed by atoms with Crippen LogP contribution >= 0.6 is 0 Å². The Bertz CT molecular complexity index is 2480. The highest BCUT2D eigenvalue weighted by Crippen LogP contribution is 2.55. The molecule has 0 aromatic heterocycles. The molecular formula is C51H42N2. The van der Waals surface area contributed by atoms with Crippen LogP contribution in [0.2, 0.25) is 0 Å². The molecule has 0 spiro atoms. The summed E-state index contributed by atoms with van der Waals surface area (Å²) in [5.41, 5.74) is 17.1. The van der Waals surface area contributed by atoms with Gasteiger partial charge in [-0.05, 0) is 119 Å². The van der Waals surface area contributed by atoms with Crippen molar-refractivity contribution in [1.82, 2.24) is 0 Å². The average Bonchev–Trinajstić information content (AvgIpc) is 3.50. The molecule has 7 aromatic rings. The highest BCUT2D eigenvalue weighted by Gasteiger charge is 2.42. The van der Waals surface area contributed by atoms with E-state index in [2.05, 4.69) is 218 Å². The second-order valence-corrected chi connectivity index (χ2v) is 14.2. The van der Waals surface area contributed by atoms with Crippen LogP contribution in [0.1, 0.15) is 36.5 Å². The standard InChI is InChI=1S/C51H42N2/c1-51(48-30-18-16-28-44(48)45-33-32-42(36-49(45)51)52(2)39-21-9-4-10-22-39)47-29-17-15-27-43(47)38-31-34-50(46(35-38)37-19-7-3-8-20-37)53(40-23-11-5-12-24-40)41-25-13-6-14-26-41/h3-13,15-25,27-36H,14,26H2,1-2H3. The third-order valence-electron chi connectivity index (χ3n) is 11.2.